The second-order valence-corrected chi connectivity index (χ2v) is 4.81. The van der Waals surface area contributed by atoms with Gasteiger partial charge in [-0.05, 0) is 17.9 Å². The number of hydrazone groups is 1. The molecule has 0 aromatic rings. The maximum Gasteiger partial charge on any atom is 0.352 e. The Morgan fingerprint density at radius 2 is 2.31 bits per heavy atom. The fourth-order valence-electron chi connectivity index (χ4n) is 1.39. The van der Waals surface area contributed by atoms with E-state index in [1.54, 1.807) is 11.8 Å². The van der Waals surface area contributed by atoms with Crippen molar-refractivity contribution in [2.45, 2.75) is 26.2 Å². The first-order chi connectivity index (χ1) is 7.65. The van der Waals surface area contributed by atoms with Crippen LogP contribution in [0.3, 0.4) is 0 Å². The van der Waals surface area contributed by atoms with Crippen LogP contribution in [-0.4, -0.2) is 45.8 Å². The number of hydrogen-bond acceptors (Lipinski definition) is 4. The quantitative estimate of drug-likeness (QED) is 0.713. The molecule has 6 heteroatoms. The van der Waals surface area contributed by atoms with E-state index in [-0.39, 0.29) is 24.5 Å². The van der Waals surface area contributed by atoms with Crippen LogP contribution in [0.4, 0.5) is 0 Å². The highest BCUT2D eigenvalue weighted by Crippen LogP contribution is 2.11. The lowest BCUT2D eigenvalue weighted by atomic mass is 10.1. The lowest BCUT2D eigenvalue weighted by Crippen LogP contribution is -2.35. The molecule has 0 saturated carbocycles. The van der Waals surface area contributed by atoms with Crippen molar-refractivity contribution in [1.82, 2.24) is 5.01 Å². The van der Waals surface area contributed by atoms with Crippen LogP contribution in [0.2, 0.25) is 0 Å². The Kier molecular flexibility index (Phi) is 5.31. The second kappa shape index (κ2) is 6.52. The zero-order valence-electron chi connectivity index (χ0n) is 9.31. The molecule has 1 amide bonds. The van der Waals surface area contributed by atoms with Gasteiger partial charge in [-0.2, -0.15) is 16.9 Å². The summed E-state index contributed by atoms with van der Waals surface area (Å²) in [5, 5.41) is 13.9. The predicted octanol–water partition coefficient (Wildman–Crippen LogP) is 1.19. The van der Waals surface area contributed by atoms with Crippen molar-refractivity contribution in [3.63, 3.8) is 0 Å². The smallest absolute Gasteiger partial charge is 0.352 e. The van der Waals surface area contributed by atoms with Crippen molar-refractivity contribution in [3.05, 3.63) is 0 Å². The third-order valence-corrected chi connectivity index (χ3v) is 3.20. The van der Waals surface area contributed by atoms with Crippen LogP contribution in [0.1, 0.15) is 26.2 Å². The number of thioether (sulfide) groups is 1. The van der Waals surface area contributed by atoms with E-state index in [4.69, 9.17) is 5.11 Å². The van der Waals surface area contributed by atoms with Gasteiger partial charge in [-0.15, -0.1) is 0 Å². The maximum atomic E-state index is 11.4. The van der Waals surface area contributed by atoms with Crippen LogP contribution in [0.5, 0.6) is 0 Å². The first kappa shape index (κ1) is 13.0. The van der Waals surface area contributed by atoms with Crippen LogP contribution in [0.25, 0.3) is 0 Å². The molecule has 0 fully saturated rings. The topological polar surface area (TPSA) is 70.0 Å². The lowest BCUT2D eigenvalue weighted by Gasteiger charge is -2.21. The van der Waals surface area contributed by atoms with Gasteiger partial charge in [0.05, 0.1) is 0 Å². The number of carboxylic acids is 1. The highest BCUT2D eigenvalue weighted by molar-refractivity contribution is 7.99. The molecule has 0 aromatic carbocycles. The van der Waals surface area contributed by atoms with E-state index in [1.165, 1.54) is 5.01 Å². The lowest BCUT2D eigenvalue weighted by molar-refractivity contribution is -0.132. The number of carbonyl (C=O) groups is 2. The summed E-state index contributed by atoms with van der Waals surface area (Å²) < 4.78 is 0. The first-order valence-corrected chi connectivity index (χ1v) is 6.49. The van der Waals surface area contributed by atoms with Gasteiger partial charge >= 0.3 is 5.97 Å². The molecule has 0 spiro atoms. The van der Waals surface area contributed by atoms with E-state index in [9.17, 15) is 9.59 Å². The molecule has 0 bridgehead atoms. The fraction of sp³-hybridized carbons (Fsp3) is 0.700. The Hall–Kier alpha value is -1.04. The van der Waals surface area contributed by atoms with Gasteiger partial charge in [0, 0.05) is 19.4 Å². The third-order valence-electron chi connectivity index (χ3n) is 2.21. The van der Waals surface area contributed by atoms with Gasteiger partial charge in [0.2, 0.25) is 5.91 Å². The van der Waals surface area contributed by atoms with Crippen molar-refractivity contribution < 1.29 is 14.7 Å². The summed E-state index contributed by atoms with van der Waals surface area (Å²) in [7, 11) is 0. The van der Waals surface area contributed by atoms with Gasteiger partial charge in [0.25, 0.3) is 0 Å². The Balaban J connectivity index is 2.46. The molecule has 1 aliphatic rings. The number of nitrogens with zero attached hydrogens (tertiary/aromatic N) is 2. The maximum absolute atomic E-state index is 11.4. The predicted molar refractivity (Wildman–Crippen MR) is 63.6 cm³/mol. The van der Waals surface area contributed by atoms with Crippen molar-refractivity contribution in [3.8, 4) is 0 Å². The monoisotopic (exact) mass is 244 g/mol. The van der Waals surface area contributed by atoms with Crippen LogP contribution in [0, 0.1) is 0 Å². The summed E-state index contributed by atoms with van der Waals surface area (Å²) in [5.74, 6) is 0.919. The Morgan fingerprint density at radius 3 is 2.94 bits per heavy atom. The van der Waals surface area contributed by atoms with Crippen molar-refractivity contribution in [2.75, 3.05) is 18.1 Å². The average molecular weight is 244 g/mol. The number of carbonyl (C=O) groups excluding carboxylic acids is 1. The minimum absolute atomic E-state index is 0.0773. The van der Waals surface area contributed by atoms with E-state index in [0.29, 0.717) is 6.54 Å². The number of carboxylic acid groups (broad SMARTS) is 1. The van der Waals surface area contributed by atoms with Gasteiger partial charge in [-0.25, -0.2) is 9.80 Å². The summed E-state index contributed by atoms with van der Waals surface area (Å²) in [4.78, 5) is 22.2. The molecule has 1 rings (SSSR count). The third kappa shape index (κ3) is 3.84. The Labute approximate surface area is 98.9 Å². The van der Waals surface area contributed by atoms with E-state index in [0.717, 1.165) is 17.9 Å². The molecule has 0 unspecified atom stereocenters. The second-order valence-electron chi connectivity index (χ2n) is 3.42. The molecule has 90 valence electrons. The van der Waals surface area contributed by atoms with Crippen molar-refractivity contribution in [2.24, 2.45) is 5.10 Å². The van der Waals surface area contributed by atoms with Crippen molar-refractivity contribution >= 4 is 29.4 Å². The molecule has 0 atom stereocenters. The largest absolute Gasteiger partial charge is 0.477 e. The van der Waals surface area contributed by atoms with Gasteiger partial charge in [0.1, 0.15) is 5.71 Å². The average Bonchev–Trinajstić information content (AvgIpc) is 2.26. The van der Waals surface area contributed by atoms with E-state index >= 15 is 0 Å². The summed E-state index contributed by atoms with van der Waals surface area (Å²) >= 11 is 1.80. The number of amides is 1. The van der Waals surface area contributed by atoms with E-state index in [1.807, 2.05) is 0 Å². The van der Waals surface area contributed by atoms with Crippen LogP contribution >= 0.6 is 11.8 Å². The van der Waals surface area contributed by atoms with Gasteiger partial charge in [0.15, 0.2) is 0 Å². The zero-order chi connectivity index (χ0) is 12.0. The zero-order valence-corrected chi connectivity index (χ0v) is 10.1. The number of rotatable bonds is 6. The SMILES string of the molecule is CCSCCCN1N=C(C(=O)O)CCC1=O. The summed E-state index contributed by atoms with van der Waals surface area (Å²) in [6.45, 7) is 2.60. The van der Waals surface area contributed by atoms with Crippen molar-refractivity contribution in [1.29, 1.82) is 0 Å². The first-order valence-electron chi connectivity index (χ1n) is 5.34. The minimum Gasteiger partial charge on any atom is -0.477 e. The molecular weight excluding hydrogens is 228 g/mol. The molecule has 0 aliphatic carbocycles. The summed E-state index contributed by atoms with van der Waals surface area (Å²) in [6, 6.07) is 0. The molecule has 5 nitrogen and oxygen atoms in total. The number of hydrogen-bond donors (Lipinski definition) is 1. The minimum atomic E-state index is -1.03. The van der Waals surface area contributed by atoms with E-state index < -0.39 is 5.97 Å². The summed E-state index contributed by atoms with van der Waals surface area (Å²) in [6.07, 6.45) is 1.35. The number of aliphatic carboxylic acids is 1. The molecule has 1 aliphatic heterocycles. The molecule has 1 N–H and O–H groups in total. The molecule has 16 heavy (non-hydrogen) atoms. The molecular formula is C10H16N2O3S. The van der Waals surface area contributed by atoms with Gasteiger partial charge in [-0.3, -0.25) is 4.79 Å². The highest BCUT2D eigenvalue weighted by atomic mass is 32.2. The Bertz CT molecular complexity index is 304. The van der Waals surface area contributed by atoms with E-state index in [2.05, 4.69) is 12.0 Å². The van der Waals surface area contributed by atoms with Crippen LogP contribution in [0.15, 0.2) is 5.10 Å². The molecule has 0 aromatic heterocycles. The molecule has 1 heterocycles. The molecule has 0 radical (unpaired) electrons. The molecule has 0 saturated heterocycles. The van der Waals surface area contributed by atoms with Gasteiger partial charge < -0.3 is 5.11 Å². The Morgan fingerprint density at radius 1 is 1.56 bits per heavy atom. The standard InChI is InChI=1S/C10H16N2O3S/c1-2-16-7-3-6-12-9(13)5-4-8(11-12)10(14)15/h2-7H2,1H3,(H,14,15). The van der Waals surface area contributed by atoms with Crippen LogP contribution < -0.4 is 0 Å². The summed E-state index contributed by atoms with van der Waals surface area (Å²) in [5.41, 5.74) is 0.0859. The van der Waals surface area contributed by atoms with Gasteiger partial charge in [-0.1, -0.05) is 6.92 Å². The normalized spacial score (nSPS) is 16.2. The highest BCUT2D eigenvalue weighted by Gasteiger charge is 2.23. The fourth-order valence-corrected chi connectivity index (χ4v) is 2.01. The van der Waals surface area contributed by atoms with Crippen LogP contribution in [-0.2, 0) is 9.59 Å².